The zero-order valence-electron chi connectivity index (χ0n) is 24.5. The molecule has 1 aliphatic heterocycles. The molecule has 0 aromatic heterocycles. The second-order valence-electron chi connectivity index (χ2n) is 9.42. The summed E-state index contributed by atoms with van der Waals surface area (Å²) in [4.78, 5) is 0. The molecule has 10 heteroatoms. The van der Waals surface area contributed by atoms with Crippen LogP contribution in [0.5, 0.6) is 0 Å². The topological polar surface area (TPSA) is 92.3 Å². The Kier molecular flexibility index (Phi) is 17.1. The van der Waals surface area contributed by atoms with E-state index in [0.717, 1.165) is 11.1 Å². The minimum absolute atomic E-state index is 0.263. The molecule has 1 saturated heterocycles. The molecule has 10 nitrogen and oxygen atoms in total. The molecule has 0 spiro atoms. The Morgan fingerprint density at radius 2 is 1.05 bits per heavy atom. The first-order chi connectivity index (χ1) is 20.3. The highest BCUT2D eigenvalue weighted by Gasteiger charge is 2.48. The van der Waals surface area contributed by atoms with Gasteiger partial charge in [-0.05, 0) is 11.1 Å². The second kappa shape index (κ2) is 20.8. The van der Waals surface area contributed by atoms with E-state index in [1.807, 2.05) is 60.7 Å². The Bertz CT molecular complexity index is 887. The smallest absolute Gasteiger partial charge is 0.186 e. The third kappa shape index (κ3) is 12.4. The lowest BCUT2D eigenvalue weighted by atomic mass is 9.98. The van der Waals surface area contributed by atoms with Gasteiger partial charge in [0.25, 0.3) is 0 Å². The van der Waals surface area contributed by atoms with Crippen molar-refractivity contribution in [2.45, 2.75) is 43.9 Å². The van der Waals surface area contributed by atoms with Crippen LogP contribution >= 0.6 is 0 Å². The fraction of sp³-hybridized carbons (Fsp3) is 0.613. The van der Waals surface area contributed by atoms with Gasteiger partial charge in [0.15, 0.2) is 6.29 Å². The van der Waals surface area contributed by atoms with Crippen LogP contribution in [0.25, 0.3) is 0 Å². The van der Waals surface area contributed by atoms with Crippen molar-refractivity contribution in [2.75, 3.05) is 80.8 Å². The summed E-state index contributed by atoms with van der Waals surface area (Å²) in [6.45, 7) is 4.63. The molecule has 0 unspecified atom stereocenters. The van der Waals surface area contributed by atoms with E-state index in [9.17, 15) is 0 Å². The van der Waals surface area contributed by atoms with E-state index < -0.39 is 30.7 Å². The van der Waals surface area contributed by atoms with Gasteiger partial charge in [0.2, 0.25) is 0 Å². The number of ether oxygens (including phenoxy) is 10. The SMILES string of the molecule is COCCOCCOC[C@H]1O[C@H](OC)[C@H](OCc2ccccc2)[C@@H](OCc2ccccc2)[C@@H]1OCCOCCOC. The van der Waals surface area contributed by atoms with Gasteiger partial charge < -0.3 is 47.4 Å². The molecule has 2 aromatic rings. The van der Waals surface area contributed by atoms with Gasteiger partial charge in [0, 0.05) is 21.3 Å². The highest BCUT2D eigenvalue weighted by molar-refractivity contribution is 5.14. The molecule has 0 radical (unpaired) electrons. The first-order valence-corrected chi connectivity index (χ1v) is 14.1. The Morgan fingerprint density at radius 1 is 0.537 bits per heavy atom. The Morgan fingerprint density at radius 3 is 1.61 bits per heavy atom. The van der Waals surface area contributed by atoms with E-state index in [-0.39, 0.29) is 6.61 Å². The van der Waals surface area contributed by atoms with Crippen molar-refractivity contribution in [1.29, 1.82) is 0 Å². The van der Waals surface area contributed by atoms with Crippen molar-refractivity contribution in [2.24, 2.45) is 0 Å². The Hall–Kier alpha value is -1.96. The van der Waals surface area contributed by atoms with Gasteiger partial charge in [-0.2, -0.15) is 0 Å². The minimum atomic E-state index is -0.691. The van der Waals surface area contributed by atoms with E-state index in [4.69, 9.17) is 47.4 Å². The van der Waals surface area contributed by atoms with Gasteiger partial charge >= 0.3 is 0 Å². The molecular weight excluding hydrogens is 532 g/mol. The van der Waals surface area contributed by atoms with Gasteiger partial charge in [-0.3, -0.25) is 0 Å². The summed E-state index contributed by atoms with van der Waals surface area (Å²) in [6.07, 6.45) is -2.74. The first-order valence-electron chi connectivity index (χ1n) is 14.1. The first kappa shape index (κ1) is 33.5. The molecule has 1 heterocycles. The van der Waals surface area contributed by atoms with E-state index in [1.165, 1.54) is 0 Å². The summed E-state index contributed by atoms with van der Waals surface area (Å²) in [5.41, 5.74) is 2.07. The number of benzene rings is 2. The number of methoxy groups -OCH3 is 3. The normalized spacial score (nSPS) is 22.7. The van der Waals surface area contributed by atoms with Crippen LogP contribution in [0.2, 0.25) is 0 Å². The molecule has 41 heavy (non-hydrogen) atoms. The van der Waals surface area contributed by atoms with Gasteiger partial charge in [-0.25, -0.2) is 0 Å². The molecular formula is C31H46O10. The van der Waals surface area contributed by atoms with Crippen LogP contribution in [0.15, 0.2) is 60.7 Å². The van der Waals surface area contributed by atoms with Crippen molar-refractivity contribution >= 4 is 0 Å². The number of hydrogen-bond donors (Lipinski definition) is 0. The maximum Gasteiger partial charge on any atom is 0.186 e. The summed E-state index contributed by atoms with van der Waals surface area (Å²) in [7, 11) is 4.88. The lowest BCUT2D eigenvalue weighted by Gasteiger charge is -2.45. The maximum absolute atomic E-state index is 6.55. The van der Waals surface area contributed by atoms with E-state index >= 15 is 0 Å². The largest absolute Gasteiger partial charge is 0.382 e. The average Bonchev–Trinajstić information content (AvgIpc) is 3.01. The molecule has 0 aliphatic carbocycles. The molecule has 5 atom stereocenters. The van der Waals surface area contributed by atoms with Crippen LogP contribution < -0.4 is 0 Å². The van der Waals surface area contributed by atoms with E-state index in [2.05, 4.69) is 0 Å². The fourth-order valence-corrected chi connectivity index (χ4v) is 4.35. The zero-order valence-corrected chi connectivity index (χ0v) is 24.5. The predicted molar refractivity (Wildman–Crippen MR) is 152 cm³/mol. The highest BCUT2D eigenvalue weighted by atomic mass is 16.7. The second-order valence-corrected chi connectivity index (χ2v) is 9.42. The number of rotatable bonds is 22. The van der Waals surface area contributed by atoms with Crippen molar-refractivity contribution in [1.82, 2.24) is 0 Å². The van der Waals surface area contributed by atoms with Crippen LogP contribution in [-0.2, 0) is 60.6 Å². The molecule has 1 aliphatic rings. The highest BCUT2D eigenvalue weighted by Crippen LogP contribution is 2.30. The third-order valence-electron chi connectivity index (χ3n) is 6.45. The quantitative estimate of drug-likeness (QED) is 0.194. The van der Waals surface area contributed by atoms with Crippen molar-refractivity contribution < 1.29 is 47.4 Å². The molecule has 0 N–H and O–H groups in total. The Balaban J connectivity index is 1.73. The van der Waals surface area contributed by atoms with E-state index in [0.29, 0.717) is 66.1 Å². The predicted octanol–water partition coefficient (Wildman–Crippen LogP) is 3.26. The zero-order chi connectivity index (χ0) is 29.0. The lowest BCUT2D eigenvalue weighted by molar-refractivity contribution is -0.322. The van der Waals surface area contributed by atoms with Crippen molar-refractivity contribution in [3.05, 3.63) is 71.8 Å². The molecule has 0 saturated carbocycles. The summed E-state index contributed by atoms with van der Waals surface area (Å²) in [6, 6.07) is 20.0. The van der Waals surface area contributed by atoms with Crippen LogP contribution in [0.3, 0.4) is 0 Å². The van der Waals surface area contributed by atoms with Crippen LogP contribution in [0.4, 0.5) is 0 Å². The fourth-order valence-electron chi connectivity index (χ4n) is 4.35. The third-order valence-corrected chi connectivity index (χ3v) is 6.45. The van der Waals surface area contributed by atoms with Crippen molar-refractivity contribution in [3.8, 4) is 0 Å². The van der Waals surface area contributed by atoms with Crippen LogP contribution in [0, 0.1) is 0 Å². The molecule has 0 amide bonds. The summed E-state index contributed by atoms with van der Waals surface area (Å²) in [5, 5.41) is 0. The summed E-state index contributed by atoms with van der Waals surface area (Å²) >= 11 is 0. The van der Waals surface area contributed by atoms with E-state index in [1.54, 1.807) is 21.3 Å². The van der Waals surface area contributed by atoms with Crippen LogP contribution in [0.1, 0.15) is 11.1 Å². The lowest BCUT2D eigenvalue weighted by Crippen LogP contribution is -2.61. The molecule has 3 rings (SSSR count). The molecule has 2 aromatic carbocycles. The number of hydrogen-bond acceptors (Lipinski definition) is 10. The average molecular weight is 579 g/mol. The van der Waals surface area contributed by atoms with Crippen LogP contribution in [-0.4, -0.2) is 111 Å². The standard InChI is InChI=1S/C31H46O10/c1-32-14-16-35-18-19-37-24-27-28(38-21-20-36-17-15-33-2)29(39-22-25-10-6-4-7-11-25)30(31(34-3)41-27)40-23-26-12-8-5-9-13-26/h4-13,27-31H,14-24H2,1-3H3/t27-,28-,29+,30-,31+/m1/s1. The Labute approximate surface area is 244 Å². The molecule has 230 valence electrons. The molecule has 0 bridgehead atoms. The van der Waals surface area contributed by atoms with Crippen molar-refractivity contribution in [3.63, 3.8) is 0 Å². The maximum atomic E-state index is 6.55. The van der Waals surface area contributed by atoms with Gasteiger partial charge in [0.05, 0.1) is 72.7 Å². The summed E-state index contributed by atoms with van der Waals surface area (Å²) in [5.74, 6) is 0. The van der Waals surface area contributed by atoms with Gasteiger partial charge in [-0.1, -0.05) is 60.7 Å². The molecule has 1 fully saturated rings. The minimum Gasteiger partial charge on any atom is -0.382 e. The monoisotopic (exact) mass is 578 g/mol. The summed E-state index contributed by atoms with van der Waals surface area (Å²) < 4.78 is 58.7. The van der Waals surface area contributed by atoms with Gasteiger partial charge in [-0.15, -0.1) is 0 Å². The van der Waals surface area contributed by atoms with Gasteiger partial charge in [0.1, 0.15) is 24.4 Å².